The van der Waals surface area contributed by atoms with Crippen LogP contribution in [0.25, 0.3) is 0 Å². The lowest BCUT2D eigenvalue weighted by Crippen LogP contribution is -2.18. The highest BCUT2D eigenvalue weighted by atomic mass is 79.9. The number of carbonyl (C=O) groups excluding carboxylic acids is 1. The van der Waals surface area contributed by atoms with Gasteiger partial charge in [-0.25, -0.2) is 4.79 Å². The molecule has 1 amide bonds. The maximum Gasteiger partial charge on any atom is 0.407 e. The van der Waals surface area contributed by atoms with E-state index in [2.05, 4.69) is 21.2 Å². The maximum absolute atomic E-state index is 10.8. The van der Waals surface area contributed by atoms with Crippen molar-refractivity contribution in [3.63, 3.8) is 0 Å². The molecule has 1 aliphatic heterocycles. The van der Waals surface area contributed by atoms with Gasteiger partial charge in [-0.05, 0) is 24.1 Å². The van der Waals surface area contributed by atoms with Crippen LogP contribution in [-0.4, -0.2) is 12.7 Å². The van der Waals surface area contributed by atoms with Crippen molar-refractivity contribution in [3.8, 4) is 0 Å². The molecule has 0 spiro atoms. The Morgan fingerprint density at radius 3 is 2.80 bits per heavy atom. The van der Waals surface area contributed by atoms with Crippen LogP contribution < -0.4 is 5.32 Å². The number of nitrogens with one attached hydrogen (secondary N) is 1. The largest absolute Gasteiger partial charge is 0.447 e. The Labute approximate surface area is 103 Å². The monoisotopic (exact) mass is 291 g/mol. The fourth-order valence-electron chi connectivity index (χ4n) is 1.39. The third kappa shape index (κ3) is 2.63. The van der Waals surface area contributed by atoms with E-state index in [-0.39, 0.29) is 24.5 Å². The average Bonchev–Trinajstić information content (AvgIpc) is 2.57. The number of alkyl carbamates (subject to hydrolysis) is 1. The summed E-state index contributed by atoms with van der Waals surface area (Å²) in [7, 11) is 0. The summed E-state index contributed by atoms with van der Waals surface area (Å²) in [6.45, 7) is 2.44. The summed E-state index contributed by atoms with van der Waals surface area (Å²) in [6, 6.07) is 6.01. The van der Waals surface area contributed by atoms with Gasteiger partial charge in [0, 0.05) is 4.47 Å². The quantitative estimate of drug-likeness (QED) is 0.864. The highest BCUT2D eigenvalue weighted by Gasteiger charge is 2.23. The number of carbonyl (C=O) groups is 1. The molecule has 2 rings (SSSR count). The Bertz CT molecular complexity index is 384. The third-order valence-electron chi connectivity index (χ3n) is 2.27. The van der Waals surface area contributed by atoms with Crippen LogP contribution in [0.15, 0.2) is 22.7 Å². The molecule has 0 bridgehead atoms. The Hall–Kier alpha value is -0.740. The first kappa shape index (κ1) is 12.3. The van der Waals surface area contributed by atoms with Crippen LogP contribution in [0, 0.1) is 6.92 Å². The summed E-state index contributed by atoms with van der Waals surface area (Å²) in [5.41, 5.74) is 2.24. The summed E-state index contributed by atoms with van der Waals surface area (Å²) >= 11 is 3.45. The van der Waals surface area contributed by atoms with E-state index in [0.717, 1.165) is 10.0 Å². The Morgan fingerprint density at radius 2 is 2.27 bits per heavy atom. The second-order valence-electron chi connectivity index (χ2n) is 3.30. The molecule has 0 unspecified atom stereocenters. The van der Waals surface area contributed by atoms with E-state index < -0.39 is 0 Å². The molecule has 0 saturated carbocycles. The zero-order valence-electron chi connectivity index (χ0n) is 8.12. The molecule has 1 aliphatic rings. The lowest BCUT2D eigenvalue weighted by Gasteiger charge is -2.08. The molecule has 82 valence electrons. The Balaban J connectivity index is 0.00000112. The first-order valence-corrected chi connectivity index (χ1v) is 5.15. The maximum atomic E-state index is 10.8. The molecule has 1 fully saturated rings. The molecule has 1 heterocycles. The summed E-state index contributed by atoms with van der Waals surface area (Å²) in [5, 5.41) is 2.73. The van der Waals surface area contributed by atoms with E-state index in [0.29, 0.717) is 6.61 Å². The van der Waals surface area contributed by atoms with Gasteiger partial charge in [-0.1, -0.05) is 28.1 Å². The van der Waals surface area contributed by atoms with Crippen molar-refractivity contribution >= 4 is 34.4 Å². The van der Waals surface area contributed by atoms with E-state index >= 15 is 0 Å². The molecule has 1 aromatic carbocycles. The van der Waals surface area contributed by atoms with Crippen LogP contribution in [0.4, 0.5) is 4.79 Å². The first-order valence-electron chi connectivity index (χ1n) is 4.36. The van der Waals surface area contributed by atoms with Crippen LogP contribution in [0.1, 0.15) is 17.2 Å². The van der Waals surface area contributed by atoms with Crippen LogP contribution >= 0.6 is 28.3 Å². The SMILES string of the molecule is Cc1ccc([C@H]2COC(=O)N2)cc1Br.Cl. The van der Waals surface area contributed by atoms with Crippen molar-refractivity contribution in [1.82, 2.24) is 5.32 Å². The Kier molecular flexibility index (Phi) is 3.99. The number of hydrogen-bond acceptors (Lipinski definition) is 2. The minimum atomic E-state index is -0.341. The number of amides is 1. The number of ether oxygens (including phenoxy) is 1. The molecule has 1 N–H and O–H groups in total. The minimum absolute atomic E-state index is 0. The van der Waals surface area contributed by atoms with Gasteiger partial charge < -0.3 is 10.1 Å². The van der Waals surface area contributed by atoms with Crippen molar-refractivity contribution in [1.29, 1.82) is 0 Å². The van der Waals surface area contributed by atoms with Crippen molar-refractivity contribution in [2.45, 2.75) is 13.0 Å². The second kappa shape index (κ2) is 4.86. The number of hydrogen-bond donors (Lipinski definition) is 1. The van der Waals surface area contributed by atoms with Crippen molar-refractivity contribution in [2.75, 3.05) is 6.61 Å². The fraction of sp³-hybridized carbons (Fsp3) is 0.300. The molecule has 3 nitrogen and oxygen atoms in total. The second-order valence-corrected chi connectivity index (χ2v) is 4.16. The van der Waals surface area contributed by atoms with Gasteiger partial charge in [-0.2, -0.15) is 0 Å². The lowest BCUT2D eigenvalue weighted by molar-refractivity contribution is 0.177. The zero-order valence-corrected chi connectivity index (χ0v) is 10.5. The van der Waals surface area contributed by atoms with Gasteiger partial charge in [-0.3, -0.25) is 0 Å². The number of cyclic esters (lactones) is 1. The fourth-order valence-corrected chi connectivity index (χ4v) is 1.79. The molecule has 1 saturated heterocycles. The van der Waals surface area contributed by atoms with Crippen LogP contribution in [-0.2, 0) is 4.74 Å². The van der Waals surface area contributed by atoms with E-state index in [9.17, 15) is 4.79 Å². The molecule has 0 radical (unpaired) electrons. The predicted octanol–water partition coefficient (Wildman–Crippen LogP) is 2.96. The van der Waals surface area contributed by atoms with E-state index in [1.54, 1.807) is 0 Å². The van der Waals surface area contributed by atoms with Gasteiger partial charge in [0.1, 0.15) is 6.61 Å². The van der Waals surface area contributed by atoms with Gasteiger partial charge in [-0.15, -0.1) is 12.4 Å². The van der Waals surface area contributed by atoms with Gasteiger partial charge in [0.15, 0.2) is 0 Å². The minimum Gasteiger partial charge on any atom is -0.447 e. The highest BCUT2D eigenvalue weighted by molar-refractivity contribution is 9.10. The number of aryl methyl sites for hydroxylation is 1. The smallest absolute Gasteiger partial charge is 0.407 e. The molecule has 5 heteroatoms. The number of benzene rings is 1. The van der Waals surface area contributed by atoms with E-state index in [1.807, 2.05) is 25.1 Å². The highest BCUT2D eigenvalue weighted by Crippen LogP contribution is 2.24. The van der Waals surface area contributed by atoms with Crippen LogP contribution in [0.3, 0.4) is 0 Å². The first-order chi connectivity index (χ1) is 6.66. The van der Waals surface area contributed by atoms with Gasteiger partial charge in [0.25, 0.3) is 0 Å². The van der Waals surface area contributed by atoms with Crippen LogP contribution in [0.2, 0.25) is 0 Å². The molecular formula is C10H11BrClNO2. The van der Waals surface area contributed by atoms with Gasteiger partial charge in [0.2, 0.25) is 0 Å². The third-order valence-corrected chi connectivity index (χ3v) is 3.13. The number of rotatable bonds is 1. The van der Waals surface area contributed by atoms with Gasteiger partial charge >= 0.3 is 6.09 Å². The molecule has 1 atom stereocenters. The topological polar surface area (TPSA) is 38.3 Å². The normalized spacial score (nSPS) is 19.1. The van der Waals surface area contributed by atoms with E-state index in [1.165, 1.54) is 5.56 Å². The number of halogens is 2. The van der Waals surface area contributed by atoms with Gasteiger partial charge in [0.05, 0.1) is 6.04 Å². The van der Waals surface area contributed by atoms with E-state index in [4.69, 9.17) is 4.74 Å². The molecule has 0 aliphatic carbocycles. The van der Waals surface area contributed by atoms with Crippen molar-refractivity contribution < 1.29 is 9.53 Å². The summed E-state index contributed by atoms with van der Waals surface area (Å²) in [4.78, 5) is 10.8. The van der Waals surface area contributed by atoms with Crippen LogP contribution in [0.5, 0.6) is 0 Å². The molecule has 15 heavy (non-hydrogen) atoms. The summed E-state index contributed by atoms with van der Waals surface area (Å²) in [5.74, 6) is 0. The summed E-state index contributed by atoms with van der Waals surface area (Å²) < 4.78 is 5.88. The zero-order chi connectivity index (χ0) is 10.1. The van der Waals surface area contributed by atoms with Crippen molar-refractivity contribution in [2.24, 2.45) is 0 Å². The average molecular weight is 293 g/mol. The predicted molar refractivity (Wildman–Crippen MR) is 63.4 cm³/mol. The molecular weight excluding hydrogens is 281 g/mol. The summed E-state index contributed by atoms with van der Waals surface area (Å²) in [6.07, 6.45) is -0.341. The molecule has 0 aromatic heterocycles. The lowest BCUT2D eigenvalue weighted by atomic mass is 10.1. The standard InChI is InChI=1S/C10H10BrNO2.ClH/c1-6-2-3-7(4-8(6)11)9-5-14-10(13)12-9;/h2-4,9H,5H2,1H3,(H,12,13);1H/t9-;/m1./s1. The Morgan fingerprint density at radius 1 is 1.53 bits per heavy atom. The molecule has 1 aromatic rings. The van der Waals surface area contributed by atoms with Crippen molar-refractivity contribution in [3.05, 3.63) is 33.8 Å².